The van der Waals surface area contributed by atoms with Crippen molar-refractivity contribution in [2.45, 2.75) is 0 Å². The molecular weight excluding hydrogens is 365 g/mol. The van der Waals surface area contributed by atoms with Crippen LogP contribution in [-0.2, 0) is 9.47 Å². The maximum atomic E-state index is 5.57. The number of fused-ring (bicyclic) bond motifs is 1. The number of pyridine rings is 1. The number of nitrogens with zero attached hydrogens (tertiary/aromatic N) is 5. The average Bonchev–Trinajstić information content (AvgIpc) is 2.80. The van der Waals surface area contributed by atoms with Gasteiger partial charge in [0.15, 0.2) is 7.85 Å². The summed E-state index contributed by atoms with van der Waals surface area (Å²) in [4.78, 5) is 19.3. The van der Waals surface area contributed by atoms with Gasteiger partial charge >= 0.3 is 0 Å². The predicted molar refractivity (Wildman–Crippen MR) is 117 cm³/mol. The highest BCUT2D eigenvalue weighted by Gasteiger charge is 2.22. The Kier molecular flexibility index (Phi) is 5.03. The van der Waals surface area contributed by atoms with Crippen LogP contribution in [0.4, 0.5) is 11.8 Å². The van der Waals surface area contributed by atoms with E-state index in [4.69, 9.17) is 24.4 Å². The van der Waals surface area contributed by atoms with Gasteiger partial charge in [0.25, 0.3) is 0 Å². The maximum absolute atomic E-state index is 5.57. The molecule has 1 aromatic carbocycles. The van der Waals surface area contributed by atoms with Crippen LogP contribution in [-0.4, -0.2) is 75.4 Å². The Morgan fingerprint density at radius 3 is 2.14 bits per heavy atom. The Bertz CT molecular complexity index is 1000. The van der Waals surface area contributed by atoms with E-state index in [0.29, 0.717) is 26.4 Å². The van der Waals surface area contributed by atoms with Crippen LogP contribution in [0.3, 0.4) is 0 Å². The molecule has 0 atom stereocenters. The monoisotopic (exact) mass is 389 g/mol. The van der Waals surface area contributed by atoms with E-state index in [0.717, 1.165) is 65.7 Å². The van der Waals surface area contributed by atoms with E-state index in [9.17, 15) is 0 Å². The van der Waals surface area contributed by atoms with Gasteiger partial charge in [-0.05, 0) is 6.07 Å². The van der Waals surface area contributed by atoms with Gasteiger partial charge in [0, 0.05) is 42.7 Å². The van der Waals surface area contributed by atoms with Crippen molar-refractivity contribution < 1.29 is 9.47 Å². The number of rotatable bonds is 3. The van der Waals surface area contributed by atoms with Crippen molar-refractivity contribution in [2.75, 3.05) is 62.4 Å². The molecule has 0 bridgehead atoms. The molecule has 2 aliphatic heterocycles. The van der Waals surface area contributed by atoms with E-state index in [1.54, 1.807) is 0 Å². The Morgan fingerprint density at radius 2 is 1.45 bits per heavy atom. The van der Waals surface area contributed by atoms with Crippen LogP contribution >= 0.6 is 0 Å². The summed E-state index contributed by atoms with van der Waals surface area (Å²) in [6.07, 6.45) is 0. The van der Waals surface area contributed by atoms with Crippen LogP contribution in [0, 0.1) is 0 Å². The standard InChI is InChI=1S/C21H24BN5O2/c22-19-18-16(14-17(23-19)15-4-2-1-3-5-15)20(26-6-10-28-11-7-26)25-21(24-18)27-8-12-29-13-9-27/h1-5,14H,6-13,22H2. The minimum absolute atomic E-state index is 0.707. The molecule has 2 fully saturated rings. The zero-order chi connectivity index (χ0) is 19.6. The summed E-state index contributed by atoms with van der Waals surface area (Å²) < 4.78 is 11.1. The molecule has 29 heavy (non-hydrogen) atoms. The highest BCUT2D eigenvalue weighted by atomic mass is 16.5. The predicted octanol–water partition coefficient (Wildman–Crippen LogP) is 0.623. The van der Waals surface area contributed by atoms with E-state index in [2.05, 4.69) is 28.0 Å². The minimum atomic E-state index is 0.707. The van der Waals surface area contributed by atoms with Gasteiger partial charge in [-0.25, -0.2) is 4.98 Å². The molecule has 2 aliphatic rings. The van der Waals surface area contributed by atoms with Crippen LogP contribution in [0.2, 0.25) is 0 Å². The Hall–Kier alpha value is -2.71. The maximum Gasteiger partial charge on any atom is 0.228 e. The van der Waals surface area contributed by atoms with Crippen molar-refractivity contribution in [3.63, 3.8) is 0 Å². The highest BCUT2D eigenvalue weighted by Crippen LogP contribution is 2.29. The van der Waals surface area contributed by atoms with Gasteiger partial charge in [-0.3, -0.25) is 4.98 Å². The van der Waals surface area contributed by atoms with E-state index in [1.165, 1.54) is 0 Å². The molecular formula is C21H24BN5O2. The molecule has 148 valence electrons. The summed E-state index contributed by atoms with van der Waals surface area (Å²) in [7, 11) is 2.04. The SMILES string of the molecule is Bc1nc(-c2ccccc2)cc2c(N3CCOCC3)nc(N3CCOCC3)nc12. The topological polar surface area (TPSA) is 63.6 Å². The molecule has 2 aromatic heterocycles. The van der Waals surface area contributed by atoms with Gasteiger partial charge in [-0.2, -0.15) is 4.98 Å². The highest BCUT2D eigenvalue weighted by molar-refractivity contribution is 6.37. The van der Waals surface area contributed by atoms with Crippen LogP contribution in [0.15, 0.2) is 36.4 Å². The van der Waals surface area contributed by atoms with Crippen molar-refractivity contribution in [2.24, 2.45) is 0 Å². The summed E-state index contributed by atoms with van der Waals surface area (Å²) in [5, 5.41) is 1.05. The number of anilines is 2. The van der Waals surface area contributed by atoms with Crippen LogP contribution in [0.1, 0.15) is 0 Å². The molecule has 0 amide bonds. The Morgan fingerprint density at radius 1 is 0.793 bits per heavy atom. The summed E-state index contributed by atoms with van der Waals surface area (Å²) >= 11 is 0. The lowest BCUT2D eigenvalue weighted by atomic mass is 9.98. The molecule has 5 rings (SSSR count). The number of morpholine rings is 2. The average molecular weight is 389 g/mol. The van der Waals surface area contributed by atoms with Crippen molar-refractivity contribution in [1.29, 1.82) is 0 Å². The second kappa shape index (κ2) is 7.97. The van der Waals surface area contributed by atoms with Crippen molar-refractivity contribution in [3.05, 3.63) is 36.4 Å². The molecule has 3 aromatic rings. The van der Waals surface area contributed by atoms with Crippen LogP contribution in [0.5, 0.6) is 0 Å². The quantitative estimate of drug-likeness (QED) is 0.609. The van der Waals surface area contributed by atoms with Gasteiger partial charge < -0.3 is 19.3 Å². The first-order valence-corrected chi connectivity index (χ1v) is 10.2. The summed E-state index contributed by atoms with van der Waals surface area (Å²) in [5.41, 5.74) is 3.89. The number of benzene rings is 1. The lowest BCUT2D eigenvalue weighted by molar-refractivity contribution is 0.121. The third-order valence-electron chi connectivity index (χ3n) is 5.50. The smallest absolute Gasteiger partial charge is 0.228 e. The number of ether oxygens (including phenoxy) is 2. The first-order chi connectivity index (χ1) is 14.3. The van der Waals surface area contributed by atoms with Crippen molar-refractivity contribution >= 4 is 36.1 Å². The Balaban J connectivity index is 1.68. The normalized spacial score (nSPS) is 17.7. The molecule has 0 aliphatic carbocycles. The molecule has 4 heterocycles. The zero-order valence-corrected chi connectivity index (χ0v) is 16.7. The van der Waals surface area contributed by atoms with Gasteiger partial charge in [-0.1, -0.05) is 30.3 Å². The molecule has 0 radical (unpaired) electrons. The van der Waals surface area contributed by atoms with E-state index in [1.807, 2.05) is 26.0 Å². The Labute approximate surface area is 171 Å². The summed E-state index contributed by atoms with van der Waals surface area (Å²) in [6, 6.07) is 12.4. The number of aromatic nitrogens is 3. The first-order valence-electron chi connectivity index (χ1n) is 10.2. The van der Waals surface area contributed by atoms with Gasteiger partial charge in [0.1, 0.15) is 5.82 Å². The fraction of sp³-hybridized carbons (Fsp3) is 0.381. The first kappa shape index (κ1) is 18.3. The fourth-order valence-corrected chi connectivity index (χ4v) is 3.94. The molecule has 7 nitrogen and oxygen atoms in total. The van der Waals surface area contributed by atoms with Gasteiger partial charge in [0.05, 0.1) is 37.6 Å². The van der Waals surface area contributed by atoms with Crippen LogP contribution in [0.25, 0.3) is 22.2 Å². The molecule has 0 saturated carbocycles. The summed E-state index contributed by atoms with van der Waals surface area (Å²) in [5.74, 6) is 1.74. The number of hydrogen-bond donors (Lipinski definition) is 0. The zero-order valence-electron chi connectivity index (χ0n) is 16.7. The lowest BCUT2D eigenvalue weighted by Crippen LogP contribution is -2.39. The summed E-state index contributed by atoms with van der Waals surface area (Å²) in [6.45, 7) is 6.12. The molecule has 8 heteroatoms. The second-order valence-corrected chi connectivity index (χ2v) is 7.40. The molecule has 2 saturated heterocycles. The van der Waals surface area contributed by atoms with E-state index >= 15 is 0 Å². The van der Waals surface area contributed by atoms with Crippen molar-refractivity contribution in [3.8, 4) is 11.3 Å². The fourth-order valence-electron chi connectivity index (χ4n) is 3.94. The van der Waals surface area contributed by atoms with Gasteiger partial charge in [0.2, 0.25) is 5.95 Å². The largest absolute Gasteiger partial charge is 0.378 e. The van der Waals surface area contributed by atoms with Crippen molar-refractivity contribution in [1.82, 2.24) is 15.0 Å². The molecule has 0 N–H and O–H groups in total. The number of hydrogen-bond acceptors (Lipinski definition) is 7. The van der Waals surface area contributed by atoms with E-state index in [-0.39, 0.29) is 0 Å². The van der Waals surface area contributed by atoms with E-state index < -0.39 is 0 Å². The second-order valence-electron chi connectivity index (χ2n) is 7.40. The lowest BCUT2D eigenvalue weighted by Gasteiger charge is -2.31. The molecule has 0 unspecified atom stereocenters. The van der Waals surface area contributed by atoms with Crippen LogP contribution < -0.4 is 15.4 Å². The third-order valence-corrected chi connectivity index (χ3v) is 5.50. The molecule has 0 spiro atoms. The third kappa shape index (κ3) is 3.65. The van der Waals surface area contributed by atoms with Gasteiger partial charge in [-0.15, -0.1) is 0 Å². The minimum Gasteiger partial charge on any atom is -0.378 e.